The number of nitrogens with zero attached hydrogens (tertiary/aromatic N) is 2. The molecule has 1 unspecified atom stereocenters. The van der Waals surface area contributed by atoms with Crippen molar-refractivity contribution in [2.24, 2.45) is 0 Å². The quantitative estimate of drug-likeness (QED) is 0.165. The highest BCUT2D eigenvalue weighted by Gasteiger charge is 2.53. The SMILES string of the molecule is c1ccc(N(c2ccccc2)c2cccc3c2-c2ccccc2C32c3ccccc3-c3c2cc(N(c2ccccc2)c2ccc4c(c2)sc2ccccc24)c2ccccc32)cc1. The van der Waals surface area contributed by atoms with Gasteiger partial charge in [-0.25, -0.2) is 0 Å². The van der Waals surface area contributed by atoms with Gasteiger partial charge in [-0.05, 0) is 111 Å². The van der Waals surface area contributed by atoms with Gasteiger partial charge in [0, 0.05) is 53.9 Å². The summed E-state index contributed by atoms with van der Waals surface area (Å²) in [5, 5.41) is 5.08. The van der Waals surface area contributed by atoms with Gasteiger partial charge in [-0.15, -0.1) is 11.3 Å². The number of benzene rings is 10. The Morgan fingerprint density at radius 1 is 0.290 bits per heavy atom. The molecular weight excluding hydrogens is 769 g/mol. The van der Waals surface area contributed by atoms with Crippen LogP contribution in [0.2, 0.25) is 0 Å². The Morgan fingerprint density at radius 2 is 0.790 bits per heavy atom. The van der Waals surface area contributed by atoms with E-state index in [-0.39, 0.29) is 0 Å². The standard InChI is InChI=1S/C59H38N2S/c1-4-19-39(20-5-1)60(40-21-6-2-7-22-40)53-33-18-32-51-58(53)48-29-13-16-31-50(48)59(51)49-30-15-12-28-47(49)57-46-27-11-10-25-43(46)54(38-52(57)59)61(41-23-8-3-9-24-41)42-35-36-45-44-26-14-17-34-55(44)62-56(45)37-42/h1-38H. The third-order valence-corrected chi connectivity index (χ3v) is 14.4. The number of fused-ring (bicyclic) bond motifs is 15. The first-order valence-corrected chi connectivity index (χ1v) is 22.2. The van der Waals surface area contributed by atoms with Crippen molar-refractivity contribution in [3.05, 3.63) is 253 Å². The van der Waals surface area contributed by atoms with Crippen molar-refractivity contribution in [1.29, 1.82) is 0 Å². The van der Waals surface area contributed by atoms with Crippen LogP contribution in [-0.4, -0.2) is 0 Å². The summed E-state index contributed by atoms with van der Waals surface area (Å²) in [6.07, 6.45) is 0. The Hall–Kier alpha value is -7.72. The molecule has 10 aromatic carbocycles. The third kappa shape index (κ3) is 4.91. The summed E-state index contributed by atoms with van der Waals surface area (Å²) in [5.74, 6) is 0. The molecule has 62 heavy (non-hydrogen) atoms. The molecule has 1 spiro atoms. The van der Waals surface area contributed by atoms with Crippen LogP contribution < -0.4 is 9.80 Å². The topological polar surface area (TPSA) is 6.48 Å². The molecule has 0 N–H and O–H groups in total. The van der Waals surface area contributed by atoms with Crippen LogP contribution in [0.15, 0.2) is 231 Å². The molecule has 0 radical (unpaired) electrons. The minimum Gasteiger partial charge on any atom is -0.310 e. The largest absolute Gasteiger partial charge is 0.310 e. The number of hydrogen-bond donors (Lipinski definition) is 0. The number of para-hydroxylation sites is 3. The van der Waals surface area contributed by atoms with Crippen LogP contribution in [0.25, 0.3) is 53.2 Å². The van der Waals surface area contributed by atoms with Gasteiger partial charge in [-0.3, -0.25) is 0 Å². The van der Waals surface area contributed by atoms with Crippen LogP contribution >= 0.6 is 11.3 Å². The maximum absolute atomic E-state index is 2.55. The molecule has 1 heterocycles. The summed E-state index contributed by atoms with van der Waals surface area (Å²) in [4.78, 5) is 4.93. The maximum atomic E-state index is 2.55. The molecule has 0 bridgehead atoms. The van der Waals surface area contributed by atoms with E-state index in [2.05, 4.69) is 240 Å². The fourth-order valence-electron chi connectivity index (χ4n) is 10.8. The predicted octanol–water partition coefficient (Wildman–Crippen LogP) is 16.5. The molecule has 0 saturated carbocycles. The van der Waals surface area contributed by atoms with Crippen LogP contribution in [0.3, 0.4) is 0 Å². The van der Waals surface area contributed by atoms with E-state index in [4.69, 9.17) is 0 Å². The fourth-order valence-corrected chi connectivity index (χ4v) is 12.0. The van der Waals surface area contributed by atoms with Gasteiger partial charge in [0.15, 0.2) is 0 Å². The van der Waals surface area contributed by atoms with Crippen molar-refractivity contribution in [1.82, 2.24) is 0 Å². The van der Waals surface area contributed by atoms with Gasteiger partial charge in [0.1, 0.15) is 0 Å². The van der Waals surface area contributed by atoms with Crippen LogP contribution in [-0.2, 0) is 5.41 Å². The molecule has 0 amide bonds. The molecule has 13 rings (SSSR count). The average Bonchev–Trinajstić information content (AvgIpc) is 3.97. The monoisotopic (exact) mass is 806 g/mol. The lowest BCUT2D eigenvalue weighted by molar-refractivity contribution is 0.794. The number of anilines is 6. The molecule has 2 aliphatic rings. The van der Waals surface area contributed by atoms with Crippen molar-refractivity contribution in [3.63, 3.8) is 0 Å². The summed E-state index contributed by atoms with van der Waals surface area (Å²) >= 11 is 1.87. The molecule has 1 aromatic heterocycles. The van der Waals surface area contributed by atoms with Gasteiger partial charge in [-0.2, -0.15) is 0 Å². The lowest BCUT2D eigenvalue weighted by Gasteiger charge is -2.33. The van der Waals surface area contributed by atoms with E-state index in [1.165, 1.54) is 81.1 Å². The smallest absolute Gasteiger partial charge is 0.0727 e. The Labute approximate surface area is 364 Å². The Kier molecular flexibility index (Phi) is 7.72. The molecule has 0 fully saturated rings. The van der Waals surface area contributed by atoms with Crippen LogP contribution in [0, 0.1) is 0 Å². The second-order valence-corrected chi connectivity index (χ2v) is 17.4. The highest BCUT2D eigenvalue weighted by molar-refractivity contribution is 7.25. The third-order valence-electron chi connectivity index (χ3n) is 13.2. The Bertz CT molecular complexity index is 3500. The van der Waals surface area contributed by atoms with Gasteiger partial charge < -0.3 is 9.80 Å². The lowest BCUT2D eigenvalue weighted by atomic mass is 9.70. The predicted molar refractivity (Wildman–Crippen MR) is 263 cm³/mol. The van der Waals surface area contributed by atoms with Crippen molar-refractivity contribution in [3.8, 4) is 22.3 Å². The van der Waals surface area contributed by atoms with Crippen molar-refractivity contribution >= 4 is 76.4 Å². The van der Waals surface area contributed by atoms with E-state index in [0.717, 1.165) is 28.4 Å². The Balaban J connectivity index is 1.13. The average molecular weight is 807 g/mol. The minimum absolute atomic E-state index is 0.580. The summed E-state index contributed by atoms with van der Waals surface area (Å²) < 4.78 is 2.59. The lowest BCUT2D eigenvalue weighted by Crippen LogP contribution is -2.26. The van der Waals surface area contributed by atoms with E-state index >= 15 is 0 Å². The van der Waals surface area contributed by atoms with E-state index in [1.54, 1.807) is 0 Å². The zero-order chi connectivity index (χ0) is 40.8. The normalized spacial score (nSPS) is 14.5. The highest BCUT2D eigenvalue weighted by Crippen LogP contribution is 2.66. The Morgan fingerprint density at radius 3 is 1.45 bits per heavy atom. The summed E-state index contributed by atoms with van der Waals surface area (Å²) in [6.45, 7) is 0. The molecule has 3 heteroatoms. The van der Waals surface area contributed by atoms with Crippen molar-refractivity contribution in [2.45, 2.75) is 5.41 Å². The maximum Gasteiger partial charge on any atom is 0.0727 e. The number of hydrogen-bond acceptors (Lipinski definition) is 3. The first-order chi connectivity index (χ1) is 30.8. The van der Waals surface area contributed by atoms with E-state index in [9.17, 15) is 0 Å². The van der Waals surface area contributed by atoms with Gasteiger partial charge in [0.25, 0.3) is 0 Å². The second kappa shape index (κ2) is 13.7. The minimum atomic E-state index is -0.580. The van der Waals surface area contributed by atoms with E-state index < -0.39 is 5.41 Å². The van der Waals surface area contributed by atoms with E-state index in [0.29, 0.717) is 0 Å². The first-order valence-electron chi connectivity index (χ1n) is 21.4. The van der Waals surface area contributed by atoms with Crippen LogP contribution in [0.4, 0.5) is 34.1 Å². The molecule has 290 valence electrons. The van der Waals surface area contributed by atoms with Gasteiger partial charge in [-0.1, -0.05) is 164 Å². The molecule has 2 aliphatic carbocycles. The summed E-state index contributed by atoms with van der Waals surface area (Å²) in [5.41, 5.74) is 16.6. The van der Waals surface area contributed by atoms with Gasteiger partial charge >= 0.3 is 0 Å². The zero-order valence-electron chi connectivity index (χ0n) is 33.7. The summed E-state index contributed by atoms with van der Waals surface area (Å²) in [6, 6.07) is 85.3. The molecule has 2 nitrogen and oxygen atoms in total. The molecule has 1 atom stereocenters. The molecular formula is C59H38N2S. The number of rotatable bonds is 6. The summed E-state index contributed by atoms with van der Waals surface area (Å²) in [7, 11) is 0. The van der Waals surface area contributed by atoms with Crippen molar-refractivity contribution in [2.75, 3.05) is 9.80 Å². The van der Waals surface area contributed by atoms with Crippen LogP contribution in [0.5, 0.6) is 0 Å². The number of thiophene rings is 1. The molecule has 0 aliphatic heterocycles. The van der Waals surface area contributed by atoms with Gasteiger partial charge in [0.2, 0.25) is 0 Å². The fraction of sp³-hybridized carbons (Fsp3) is 0.0169. The van der Waals surface area contributed by atoms with Crippen LogP contribution in [0.1, 0.15) is 22.3 Å². The van der Waals surface area contributed by atoms with Crippen molar-refractivity contribution < 1.29 is 0 Å². The second-order valence-electron chi connectivity index (χ2n) is 16.4. The molecule has 11 aromatic rings. The zero-order valence-corrected chi connectivity index (χ0v) is 34.6. The van der Waals surface area contributed by atoms with E-state index in [1.807, 2.05) is 11.3 Å². The molecule has 0 saturated heterocycles. The first kappa shape index (κ1) is 35.1. The van der Waals surface area contributed by atoms with Gasteiger partial charge in [0.05, 0.1) is 16.8 Å². The highest BCUT2D eigenvalue weighted by atomic mass is 32.1.